The van der Waals surface area contributed by atoms with Crippen LogP contribution in [0.2, 0.25) is 0 Å². The van der Waals surface area contributed by atoms with Crippen molar-refractivity contribution in [1.82, 2.24) is 9.78 Å². The summed E-state index contributed by atoms with van der Waals surface area (Å²) in [5.74, 6) is 0.416. The van der Waals surface area contributed by atoms with Gasteiger partial charge in [0.15, 0.2) is 0 Å². The fourth-order valence-electron chi connectivity index (χ4n) is 2.28. The third kappa shape index (κ3) is 3.96. The van der Waals surface area contributed by atoms with Crippen LogP contribution in [0.4, 0.5) is 4.39 Å². The molecule has 0 aliphatic heterocycles. The maximum atomic E-state index is 13.7. The topological polar surface area (TPSA) is 47.3 Å². The van der Waals surface area contributed by atoms with E-state index in [0.717, 1.165) is 0 Å². The normalized spacial score (nSPS) is 12.1. The summed E-state index contributed by atoms with van der Waals surface area (Å²) in [5, 5.41) is 14.2. The van der Waals surface area contributed by atoms with E-state index < -0.39 is 6.10 Å². The first-order chi connectivity index (χ1) is 11.2. The first-order valence-electron chi connectivity index (χ1n) is 7.35. The number of halogens is 1. The molecule has 118 valence electrons. The van der Waals surface area contributed by atoms with Gasteiger partial charge in [-0.15, -0.1) is 0 Å². The third-order valence-electron chi connectivity index (χ3n) is 3.40. The third-order valence-corrected chi connectivity index (χ3v) is 3.40. The van der Waals surface area contributed by atoms with Crippen LogP contribution in [-0.2, 0) is 6.54 Å². The van der Waals surface area contributed by atoms with Crippen LogP contribution >= 0.6 is 0 Å². The summed E-state index contributed by atoms with van der Waals surface area (Å²) >= 11 is 0. The number of hydrogen-bond acceptors (Lipinski definition) is 3. The van der Waals surface area contributed by atoms with E-state index in [1.807, 2.05) is 30.3 Å². The summed E-state index contributed by atoms with van der Waals surface area (Å²) in [7, 11) is 0. The highest BCUT2D eigenvalue weighted by atomic mass is 19.1. The smallest absolute Gasteiger partial charge is 0.131 e. The zero-order chi connectivity index (χ0) is 16.1. The van der Waals surface area contributed by atoms with Gasteiger partial charge in [0.25, 0.3) is 0 Å². The molecule has 0 spiro atoms. The number of nitrogens with zero attached hydrogens (tertiary/aromatic N) is 2. The molecule has 0 saturated heterocycles. The van der Waals surface area contributed by atoms with E-state index in [1.165, 1.54) is 6.07 Å². The summed E-state index contributed by atoms with van der Waals surface area (Å²) in [6, 6.07) is 15.8. The van der Waals surface area contributed by atoms with Gasteiger partial charge < -0.3 is 9.84 Å². The lowest BCUT2D eigenvalue weighted by Crippen LogP contribution is -2.23. The quantitative estimate of drug-likeness (QED) is 0.761. The molecule has 5 heteroatoms. The molecule has 0 bridgehead atoms. The van der Waals surface area contributed by atoms with Crippen molar-refractivity contribution in [2.24, 2.45) is 0 Å². The van der Waals surface area contributed by atoms with E-state index in [2.05, 4.69) is 5.10 Å². The molecule has 0 amide bonds. The summed E-state index contributed by atoms with van der Waals surface area (Å²) < 4.78 is 20.8. The number of ether oxygens (including phenoxy) is 1. The van der Waals surface area contributed by atoms with E-state index in [1.54, 1.807) is 35.3 Å². The Bertz CT molecular complexity index is 758. The second-order valence-corrected chi connectivity index (χ2v) is 5.21. The molecule has 1 heterocycles. The molecule has 23 heavy (non-hydrogen) atoms. The van der Waals surface area contributed by atoms with E-state index >= 15 is 0 Å². The Kier molecular flexibility index (Phi) is 4.68. The summed E-state index contributed by atoms with van der Waals surface area (Å²) in [6.45, 7) is 0.445. The van der Waals surface area contributed by atoms with Gasteiger partial charge in [-0.2, -0.15) is 5.10 Å². The minimum absolute atomic E-state index is 0.166. The number of rotatable bonds is 6. The lowest BCUT2D eigenvalue weighted by Gasteiger charge is -2.12. The number of aliphatic hydroxyl groups excluding tert-OH is 1. The van der Waals surface area contributed by atoms with Crippen LogP contribution in [0.25, 0.3) is 11.1 Å². The van der Waals surface area contributed by atoms with Crippen molar-refractivity contribution in [3.05, 3.63) is 72.8 Å². The Balaban J connectivity index is 1.59. The number of aromatic nitrogens is 2. The lowest BCUT2D eigenvalue weighted by molar-refractivity contribution is 0.0893. The van der Waals surface area contributed by atoms with Crippen LogP contribution in [0.15, 0.2) is 67.0 Å². The van der Waals surface area contributed by atoms with Crippen LogP contribution < -0.4 is 4.74 Å². The maximum Gasteiger partial charge on any atom is 0.131 e. The summed E-state index contributed by atoms with van der Waals surface area (Å²) in [6.07, 6.45) is 2.59. The number of hydrogen-bond donors (Lipinski definition) is 1. The Morgan fingerprint density at radius 3 is 2.61 bits per heavy atom. The van der Waals surface area contributed by atoms with Crippen LogP contribution in [-0.4, -0.2) is 27.6 Å². The fourth-order valence-corrected chi connectivity index (χ4v) is 2.28. The zero-order valence-corrected chi connectivity index (χ0v) is 12.5. The van der Waals surface area contributed by atoms with Gasteiger partial charge in [-0.3, -0.25) is 4.68 Å². The van der Waals surface area contributed by atoms with Crippen molar-refractivity contribution in [2.75, 3.05) is 6.61 Å². The average Bonchev–Trinajstić information content (AvgIpc) is 3.02. The first kappa shape index (κ1) is 15.2. The minimum atomic E-state index is -0.705. The second-order valence-electron chi connectivity index (χ2n) is 5.21. The molecule has 0 fully saturated rings. The monoisotopic (exact) mass is 312 g/mol. The van der Waals surface area contributed by atoms with E-state index in [-0.39, 0.29) is 19.0 Å². The van der Waals surface area contributed by atoms with E-state index in [0.29, 0.717) is 16.9 Å². The Labute approximate surface area is 133 Å². The molecule has 3 rings (SSSR count). The molecule has 0 unspecified atom stereocenters. The number of aliphatic hydroxyl groups is 1. The zero-order valence-electron chi connectivity index (χ0n) is 12.5. The lowest BCUT2D eigenvalue weighted by atomic mass is 10.1. The molecule has 0 radical (unpaired) electrons. The summed E-state index contributed by atoms with van der Waals surface area (Å²) in [4.78, 5) is 0. The molecule has 3 aromatic rings. The predicted octanol–water partition coefficient (Wildman–Crippen LogP) is 3.13. The fraction of sp³-hybridized carbons (Fsp3) is 0.167. The molecule has 0 aliphatic carbocycles. The Morgan fingerprint density at radius 1 is 1.09 bits per heavy atom. The molecular weight excluding hydrogens is 295 g/mol. The number of benzene rings is 2. The van der Waals surface area contributed by atoms with Gasteiger partial charge in [-0.05, 0) is 18.2 Å². The predicted molar refractivity (Wildman–Crippen MR) is 85.6 cm³/mol. The SMILES string of the molecule is O[C@H](COc1ccccc1)Cn1cc(-c2ccccc2F)cn1. The maximum absolute atomic E-state index is 13.7. The first-order valence-corrected chi connectivity index (χ1v) is 7.35. The molecule has 0 saturated carbocycles. The molecule has 2 aromatic carbocycles. The Morgan fingerprint density at radius 2 is 1.83 bits per heavy atom. The van der Waals surface area contributed by atoms with Crippen molar-refractivity contribution >= 4 is 0 Å². The van der Waals surface area contributed by atoms with Crippen LogP contribution in [0, 0.1) is 5.82 Å². The Hall–Kier alpha value is -2.66. The van der Waals surface area contributed by atoms with Crippen molar-refractivity contribution in [1.29, 1.82) is 0 Å². The van der Waals surface area contributed by atoms with Crippen LogP contribution in [0.3, 0.4) is 0 Å². The van der Waals surface area contributed by atoms with Gasteiger partial charge >= 0.3 is 0 Å². The van der Waals surface area contributed by atoms with Crippen molar-refractivity contribution in [3.8, 4) is 16.9 Å². The van der Waals surface area contributed by atoms with Crippen LogP contribution in [0.5, 0.6) is 5.75 Å². The minimum Gasteiger partial charge on any atom is -0.491 e. The van der Waals surface area contributed by atoms with Crippen molar-refractivity contribution < 1.29 is 14.2 Å². The van der Waals surface area contributed by atoms with E-state index in [9.17, 15) is 9.50 Å². The molecule has 1 N–H and O–H groups in total. The van der Waals surface area contributed by atoms with Crippen LogP contribution in [0.1, 0.15) is 0 Å². The van der Waals surface area contributed by atoms with Crippen molar-refractivity contribution in [2.45, 2.75) is 12.6 Å². The van der Waals surface area contributed by atoms with Crippen molar-refractivity contribution in [3.63, 3.8) is 0 Å². The molecule has 0 aliphatic rings. The molecule has 1 atom stereocenters. The highest BCUT2D eigenvalue weighted by Gasteiger charge is 2.10. The van der Waals surface area contributed by atoms with Gasteiger partial charge in [0, 0.05) is 17.3 Å². The van der Waals surface area contributed by atoms with Gasteiger partial charge in [0.05, 0.1) is 12.7 Å². The second kappa shape index (κ2) is 7.07. The highest BCUT2D eigenvalue weighted by molar-refractivity contribution is 5.62. The van der Waals surface area contributed by atoms with Gasteiger partial charge in [-0.1, -0.05) is 36.4 Å². The standard InChI is InChI=1S/C18H17FN2O2/c19-18-9-5-4-8-17(18)14-10-20-21(11-14)12-15(22)13-23-16-6-2-1-3-7-16/h1-11,15,22H,12-13H2/t15-/m0/s1. The summed E-state index contributed by atoms with van der Waals surface area (Å²) in [5.41, 5.74) is 1.17. The molecular formula is C18H17FN2O2. The van der Waals surface area contributed by atoms with Gasteiger partial charge in [0.2, 0.25) is 0 Å². The van der Waals surface area contributed by atoms with E-state index in [4.69, 9.17) is 4.74 Å². The largest absolute Gasteiger partial charge is 0.491 e. The number of para-hydroxylation sites is 1. The van der Waals surface area contributed by atoms with Gasteiger partial charge in [0.1, 0.15) is 24.3 Å². The average molecular weight is 312 g/mol. The molecule has 4 nitrogen and oxygen atoms in total. The molecule has 1 aromatic heterocycles. The highest BCUT2D eigenvalue weighted by Crippen LogP contribution is 2.21. The van der Waals surface area contributed by atoms with Gasteiger partial charge in [-0.25, -0.2) is 4.39 Å².